The van der Waals surface area contributed by atoms with Crippen LogP contribution < -0.4 is 5.32 Å². The summed E-state index contributed by atoms with van der Waals surface area (Å²) in [6.45, 7) is 5.78. The summed E-state index contributed by atoms with van der Waals surface area (Å²) in [5.41, 5.74) is 0. The van der Waals surface area contributed by atoms with Crippen LogP contribution in [0.5, 0.6) is 0 Å². The van der Waals surface area contributed by atoms with E-state index in [0.717, 1.165) is 0 Å². The lowest BCUT2D eigenvalue weighted by Crippen LogP contribution is -2.28. The molecule has 3 heteroatoms. The van der Waals surface area contributed by atoms with Crippen molar-refractivity contribution in [1.29, 1.82) is 0 Å². The smallest absolute Gasteiger partial charge is 0.217 e. The number of nitrogens with one attached hydrogen (secondary N) is 1. The zero-order valence-electron chi connectivity index (χ0n) is 8.20. The summed E-state index contributed by atoms with van der Waals surface area (Å²) in [5, 5.41) is 4.99. The highest BCUT2D eigenvalue weighted by Gasteiger charge is 2.16. The van der Waals surface area contributed by atoms with Crippen LogP contribution in [0.3, 0.4) is 0 Å². The first-order valence-electron chi connectivity index (χ1n) is 4.41. The van der Waals surface area contributed by atoms with E-state index in [1.807, 2.05) is 11.4 Å². The highest BCUT2D eigenvalue weighted by Crippen LogP contribution is 2.25. The van der Waals surface area contributed by atoms with E-state index in [2.05, 4.69) is 25.2 Å². The van der Waals surface area contributed by atoms with E-state index >= 15 is 0 Å². The van der Waals surface area contributed by atoms with Crippen LogP contribution in [0.15, 0.2) is 17.5 Å². The fraction of sp³-hybridized carbons (Fsp3) is 0.500. The van der Waals surface area contributed by atoms with Gasteiger partial charge in [0.2, 0.25) is 5.91 Å². The Labute approximate surface area is 83.0 Å². The van der Waals surface area contributed by atoms with Gasteiger partial charge in [0, 0.05) is 11.8 Å². The molecule has 0 aliphatic carbocycles. The van der Waals surface area contributed by atoms with E-state index in [1.165, 1.54) is 4.88 Å². The molecule has 0 fully saturated rings. The summed E-state index contributed by atoms with van der Waals surface area (Å²) < 4.78 is 0. The fourth-order valence-electron chi connectivity index (χ4n) is 1.25. The quantitative estimate of drug-likeness (QED) is 0.792. The van der Waals surface area contributed by atoms with E-state index in [4.69, 9.17) is 0 Å². The van der Waals surface area contributed by atoms with E-state index < -0.39 is 0 Å². The third-order valence-corrected chi connectivity index (χ3v) is 2.83. The summed E-state index contributed by atoms with van der Waals surface area (Å²) in [7, 11) is 0. The Kier molecular flexibility index (Phi) is 3.48. The lowest BCUT2D eigenvalue weighted by atomic mass is 10.0. The number of carbonyl (C=O) groups is 1. The van der Waals surface area contributed by atoms with Gasteiger partial charge in [-0.3, -0.25) is 4.79 Å². The molecule has 0 bridgehead atoms. The first-order chi connectivity index (χ1) is 6.11. The fourth-order valence-corrected chi connectivity index (χ4v) is 2.20. The SMILES string of the molecule is CC(=O)NC(c1cccs1)C(C)C. The Morgan fingerprint density at radius 1 is 1.54 bits per heavy atom. The van der Waals surface area contributed by atoms with E-state index in [0.29, 0.717) is 5.92 Å². The van der Waals surface area contributed by atoms with E-state index in [-0.39, 0.29) is 11.9 Å². The van der Waals surface area contributed by atoms with Gasteiger partial charge in [0.05, 0.1) is 6.04 Å². The van der Waals surface area contributed by atoms with Gasteiger partial charge in [-0.25, -0.2) is 0 Å². The van der Waals surface area contributed by atoms with Gasteiger partial charge in [-0.05, 0) is 17.4 Å². The minimum Gasteiger partial charge on any atom is -0.348 e. The van der Waals surface area contributed by atoms with Crippen LogP contribution in [0, 0.1) is 5.92 Å². The number of hydrogen-bond acceptors (Lipinski definition) is 2. The monoisotopic (exact) mass is 197 g/mol. The Bertz CT molecular complexity index is 266. The molecular formula is C10H15NOS. The Morgan fingerprint density at radius 3 is 2.62 bits per heavy atom. The summed E-state index contributed by atoms with van der Waals surface area (Å²) >= 11 is 1.69. The lowest BCUT2D eigenvalue weighted by molar-refractivity contribution is -0.120. The highest BCUT2D eigenvalue weighted by molar-refractivity contribution is 7.10. The second kappa shape index (κ2) is 4.42. The topological polar surface area (TPSA) is 29.1 Å². The minimum atomic E-state index is 0.0344. The first kappa shape index (κ1) is 10.3. The molecule has 2 nitrogen and oxygen atoms in total. The van der Waals surface area contributed by atoms with Crippen LogP contribution in [-0.4, -0.2) is 5.91 Å². The Hall–Kier alpha value is -0.830. The number of hydrogen-bond donors (Lipinski definition) is 1. The normalized spacial score (nSPS) is 12.9. The molecule has 1 amide bonds. The molecule has 1 unspecified atom stereocenters. The van der Waals surface area contributed by atoms with Crippen LogP contribution in [0.4, 0.5) is 0 Å². The molecule has 1 aromatic rings. The molecule has 1 rings (SSSR count). The van der Waals surface area contributed by atoms with Crippen LogP contribution in [0.25, 0.3) is 0 Å². The Morgan fingerprint density at radius 2 is 2.23 bits per heavy atom. The summed E-state index contributed by atoms with van der Waals surface area (Å²) in [5.74, 6) is 0.467. The standard InChI is InChI=1S/C10H15NOS/c1-7(2)10(11-8(3)12)9-5-4-6-13-9/h4-7,10H,1-3H3,(H,11,12). The van der Waals surface area contributed by atoms with Gasteiger partial charge in [0.25, 0.3) is 0 Å². The summed E-state index contributed by atoms with van der Waals surface area (Å²) in [4.78, 5) is 12.2. The van der Waals surface area contributed by atoms with Crippen molar-refractivity contribution in [2.45, 2.75) is 26.8 Å². The first-order valence-corrected chi connectivity index (χ1v) is 5.29. The maximum absolute atomic E-state index is 10.9. The molecule has 13 heavy (non-hydrogen) atoms. The number of carbonyl (C=O) groups excluding carboxylic acids is 1. The van der Waals surface area contributed by atoms with Gasteiger partial charge in [0.1, 0.15) is 0 Å². The molecule has 0 radical (unpaired) electrons. The van der Waals surface area contributed by atoms with Crippen LogP contribution in [0.2, 0.25) is 0 Å². The van der Waals surface area contributed by atoms with Crippen LogP contribution in [0.1, 0.15) is 31.7 Å². The molecule has 1 atom stereocenters. The maximum Gasteiger partial charge on any atom is 0.217 e. The van der Waals surface area contributed by atoms with Gasteiger partial charge >= 0.3 is 0 Å². The van der Waals surface area contributed by atoms with Gasteiger partial charge in [-0.2, -0.15) is 0 Å². The average molecular weight is 197 g/mol. The van der Waals surface area contributed by atoms with Crippen molar-refractivity contribution in [3.05, 3.63) is 22.4 Å². The maximum atomic E-state index is 10.9. The molecule has 0 aromatic carbocycles. The zero-order chi connectivity index (χ0) is 9.84. The van der Waals surface area contributed by atoms with Crippen molar-refractivity contribution in [3.8, 4) is 0 Å². The lowest BCUT2D eigenvalue weighted by Gasteiger charge is -2.20. The Balaban J connectivity index is 2.74. The predicted octanol–water partition coefficient (Wildman–Crippen LogP) is 2.58. The van der Waals surface area contributed by atoms with Crippen molar-refractivity contribution in [2.75, 3.05) is 0 Å². The molecule has 72 valence electrons. The van der Waals surface area contributed by atoms with Gasteiger partial charge in [-0.15, -0.1) is 11.3 Å². The molecule has 0 saturated heterocycles. The molecule has 0 spiro atoms. The molecule has 1 N–H and O–H groups in total. The predicted molar refractivity (Wildman–Crippen MR) is 55.7 cm³/mol. The minimum absolute atomic E-state index is 0.0344. The van der Waals surface area contributed by atoms with Gasteiger partial charge < -0.3 is 5.32 Å². The van der Waals surface area contributed by atoms with Crippen molar-refractivity contribution in [2.24, 2.45) is 5.92 Å². The van der Waals surface area contributed by atoms with Crippen LogP contribution in [-0.2, 0) is 4.79 Å². The van der Waals surface area contributed by atoms with Gasteiger partial charge in [-0.1, -0.05) is 19.9 Å². The van der Waals surface area contributed by atoms with E-state index in [9.17, 15) is 4.79 Å². The molecular weight excluding hydrogens is 182 g/mol. The summed E-state index contributed by atoms with van der Waals surface area (Å²) in [6, 6.07) is 4.24. The average Bonchev–Trinajstić information content (AvgIpc) is 2.50. The zero-order valence-corrected chi connectivity index (χ0v) is 9.02. The molecule has 0 saturated carbocycles. The van der Waals surface area contributed by atoms with Crippen molar-refractivity contribution >= 4 is 17.2 Å². The van der Waals surface area contributed by atoms with Crippen LogP contribution >= 0.6 is 11.3 Å². The van der Waals surface area contributed by atoms with Crippen molar-refractivity contribution < 1.29 is 4.79 Å². The van der Waals surface area contributed by atoms with E-state index in [1.54, 1.807) is 18.3 Å². The third kappa shape index (κ3) is 2.84. The molecule has 1 aromatic heterocycles. The highest BCUT2D eigenvalue weighted by atomic mass is 32.1. The molecule has 0 aliphatic heterocycles. The largest absolute Gasteiger partial charge is 0.348 e. The third-order valence-electron chi connectivity index (χ3n) is 1.88. The second-order valence-corrected chi connectivity index (χ2v) is 4.42. The number of rotatable bonds is 3. The van der Waals surface area contributed by atoms with Crippen molar-refractivity contribution in [3.63, 3.8) is 0 Å². The molecule has 0 aliphatic rings. The van der Waals surface area contributed by atoms with Gasteiger partial charge in [0.15, 0.2) is 0 Å². The molecule has 1 heterocycles. The number of amides is 1. The summed E-state index contributed by atoms with van der Waals surface area (Å²) in [6.07, 6.45) is 0. The van der Waals surface area contributed by atoms with Crippen molar-refractivity contribution in [1.82, 2.24) is 5.32 Å². The second-order valence-electron chi connectivity index (χ2n) is 3.44. The number of thiophene rings is 1.